The fraction of sp³-hybridized carbons (Fsp3) is 0.500. The van der Waals surface area contributed by atoms with Crippen molar-refractivity contribution in [2.24, 2.45) is 4.99 Å². The first kappa shape index (κ1) is 21.9. The third-order valence-electron chi connectivity index (χ3n) is 5.06. The molecule has 2 aromatic rings. The molecule has 1 aromatic heterocycles. The Hall–Kier alpha value is -1.35. The van der Waals surface area contributed by atoms with Gasteiger partial charge in [0.15, 0.2) is 5.96 Å². The molecule has 0 atom stereocenters. The highest BCUT2D eigenvalue weighted by molar-refractivity contribution is 14.0. The van der Waals surface area contributed by atoms with Gasteiger partial charge in [0, 0.05) is 50.0 Å². The summed E-state index contributed by atoms with van der Waals surface area (Å²) >= 11 is 1.78. The van der Waals surface area contributed by atoms with Crippen molar-refractivity contribution in [3.63, 3.8) is 0 Å². The molecule has 1 aliphatic rings. The van der Waals surface area contributed by atoms with Gasteiger partial charge in [0.1, 0.15) is 5.01 Å². The Labute approximate surface area is 183 Å². The van der Waals surface area contributed by atoms with Gasteiger partial charge in [-0.05, 0) is 37.5 Å². The number of aliphatic imine (C=N–C) groups is 1. The number of thiazole rings is 1. The van der Waals surface area contributed by atoms with Crippen LogP contribution in [-0.2, 0) is 13.0 Å². The van der Waals surface area contributed by atoms with Gasteiger partial charge in [-0.3, -0.25) is 4.99 Å². The summed E-state index contributed by atoms with van der Waals surface area (Å²) in [6.07, 6.45) is 3.03. The Morgan fingerprint density at radius 2 is 1.96 bits per heavy atom. The van der Waals surface area contributed by atoms with Gasteiger partial charge in [0.25, 0.3) is 0 Å². The monoisotopic (exact) mass is 499 g/mol. The highest BCUT2D eigenvalue weighted by Crippen LogP contribution is 2.24. The molecule has 1 aliphatic heterocycles. The molecule has 2 heterocycles. The smallest absolute Gasteiger partial charge is 0.194 e. The number of piperazine rings is 1. The molecule has 1 N–H and O–H groups in total. The summed E-state index contributed by atoms with van der Waals surface area (Å²) in [6.45, 7) is 11.3. The summed E-state index contributed by atoms with van der Waals surface area (Å²) in [5, 5.41) is 4.60. The van der Waals surface area contributed by atoms with E-state index in [9.17, 15) is 0 Å². The summed E-state index contributed by atoms with van der Waals surface area (Å²) in [4.78, 5) is 15.1. The maximum absolute atomic E-state index is 4.48. The van der Waals surface area contributed by atoms with Crippen LogP contribution in [0.4, 0.5) is 5.69 Å². The molecule has 27 heavy (non-hydrogen) atoms. The average Bonchev–Trinajstić information content (AvgIpc) is 3.13. The van der Waals surface area contributed by atoms with E-state index in [-0.39, 0.29) is 24.0 Å². The first-order valence-electron chi connectivity index (χ1n) is 9.32. The number of rotatable bonds is 4. The van der Waals surface area contributed by atoms with Crippen LogP contribution in [0.1, 0.15) is 27.9 Å². The van der Waals surface area contributed by atoms with Gasteiger partial charge in [-0.25, -0.2) is 4.98 Å². The SMILES string of the molecule is CCc1cnc(CNC(=NC)N2CCN(c3cccc(C)c3C)CC2)s1.I. The van der Waals surface area contributed by atoms with E-state index in [0.717, 1.165) is 50.1 Å². The maximum Gasteiger partial charge on any atom is 0.194 e. The number of nitrogens with one attached hydrogen (secondary N) is 1. The normalized spacial score (nSPS) is 14.9. The summed E-state index contributed by atoms with van der Waals surface area (Å²) in [5.74, 6) is 0.971. The van der Waals surface area contributed by atoms with Crippen molar-refractivity contribution in [1.29, 1.82) is 0 Å². The Balaban J connectivity index is 0.00000261. The molecule has 1 saturated heterocycles. The minimum atomic E-state index is 0. The Morgan fingerprint density at radius 1 is 1.22 bits per heavy atom. The van der Waals surface area contributed by atoms with Gasteiger partial charge in [-0.2, -0.15) is 0 Å². The van der Waals surface area contributed by atoms with Crippen LogP contribution < -0.4 is 10.2 Å². The molecule has 0 spiro atoms. The largest absolute Gasteiger partial charge is 0.368 e. The van der Waals surface area contributed by atoms with E-state index in [1.165, 1.54) is 21.7 Å². The van der Waals surface area contributed by atoms with Crippen molar-refractivity contribution in [3.05, 3.63) is 45.4 Å². The number of nitrogens with zero attached hydrogens (tertiary/aromatic N) is 4. The van der Waals surface area contributed by atoms with Gasteiger partial charge in [0.05, 0.1) is 6.54 Å². The maximum atomic E-state index is 4.48. The number of hydrogen-bond acceptors (Lipinski definition) is 4. The van der Waals surface area contributed by atoms with E-state index < -0.39 is 0 Å². The van der Waals surface area contributed by atoms with Crippen LogP contribution in [0.15, 0.2) is 29.4 Å². The van der Waals surface area contributed by atoms with E-state index >= 15 is 0 Å². The lowest BCUT2D eigenvalue weighted by atomic mass is 10.1. The van der Waals surface area contributed by atoms with Crippen molar-refractivity contribution in [2.45, 2.75) is 33.7 Å². The van der Waals surface area contributed by atoms with Crippen molar-refractivity contribution in [3.8, 4) is 0 Å². The zero-order valence-corrected chi connectivity index (χ0v) is 19.8. The molecule has 0 amide bonds. The van der Waals surface area contributed by atoms with Crippen molar-refractivity contribution in [2.75, 3.05) is 38.1 Å². The zero-order valence-electron chi connectivity index (χ0n) is 16.7. The van der Waals surface area contributed by atoms with Crippen LogP contribution in [0, 0.1) is 13.8 Å². The van der Waals surface area contributed by atoms with E-state index in [0.29, 0.717) is 0 Å². The second-order valence-corrected chi connectivity index (χ2v) is 7.87. The van der Waals surface area contributed by atoms with E-state index in [1.807, 2.05) is 13.2 Å². The zero-order chi connectivity index (χ0) is 18.5. The van der Waals surface area contributed by atoms with E-state index in [4.69, 9.17) is 0 Å². The van der Waals surface area contributed by atoms with Crippen LogP contribution in [0.3, 0.4) is 0 Å². The van der Waals surface area contributed by atoms with Crippen LogP contribution in [0.25, 0.3) is 0 Å². The number of hydrogen-bond donors (Lipinski definition) is 1. The first-order valence-corrected chi connectivity index (χ1v) is 10.1. The minimum absolute atomic E-state index is 0. The molecule has 0 radical (unpaired) electrons. The number of benzene rings is 1. The number of halogens is 1. The first-order chi connectivity index (χ1) is 12.6. The molecule has 148 valence electrons. The highest BCUT2D eigenvalue weighted by atomic mass is 127. The number of anilines is 1. The van der Waals surface area contributed by atoms with Gasteiger partial charge >= 0.3 is 0 Å². The van der Waals surface area contributed by atoms with Gasteiger partial charge in [-0.15, -0.1) is 35.3 Å². The fourth-order valence-corrected chi connectivity index (χ4v) is 4.12. The number of aromatic nitrogens is 1. The molecule has 5 nitrogen and oxygen atoms in total. The summed E-state index contributed by atoms with van der Waals surface area (Å²) in [6, 6.07) is 6.57. The van der Waals surface area contributed by atoms with Gasteiger partial charge in [0.2, 0.25) is 0 Å². The second-order valence-electron chi connectivity index (χ2n) is 6.67. The Bertz CT molecular complexity index is 765. The van der Waals surface area contributed by atoms with Gasteiger partial charge < -0.3 is 15.1 Å². The molecular formula is C20H30IN5S. The van der Waals surface area contributed by atoms with Crippen molar-refractivity contribution < 1.29 is 0 Å². The molecule has 1 aromatic carbocycles. The molecule has 1 fully saturated rings. The van der Waals surface area contributed by atoms with E-state index in [1.54, 1.807) is 11.3 Å². The molecule has 7 heteroatoms. The van der Waals surface area contributed by atoms with Crippen LogP contribution in [0.2, 0.25) is 0 Å². The predicted octanol–water partition coefficient (Wildman–Crippen LogP) is 3.84. The highest BCUT2D eigenvalue weighted by Gasteiger charge is 2.21. The predicted molar refractivity (Wildman–Crippen MR) is 127 cm³/mol. The molecule has 0 aliphatic carbocycles. The Kier molecular flexibility index (Phi) is 8.34. The van der Waals surface area contributed by atoms with Gasteiger partial charge in [-0.1, -0.05) is 19.1 Å². The quantitative estimate of drug-likeness (QED) is 0.395. The lowest BCUT2D eigenvalue weighted by molar-refractivity contribution is 0.372. The molecular weight excluding hydrogens is 469 g/mol. The second kappa shape index (κ2) is 10.3. The van der Waals surface area contributed by atoms with Crippen molar-refractivity contribution in [1.82, 2.24) is 15.2 Å². The minimum Gasteiger partial charge on any atom is -0.368 e. The van der Waals surface area contributed by atoms with E-state index in [2.05, 4.69) is 64.1 Å². The summed E-state index contributed by atoms with van der Waals surface area (Å²) in [5.41, 5.74) is 4.11. The lowest BCUT2D eigenvalue weighted by Crippen LogP contribution is -2.52. The van der Waals surface area contributed by atoms with Crippen LogP contribution >= 0.6 is 35.3 Å². The lowest BCUT2D eigenvalue weighted by Gasteiger charge is -2.38. The number of aryl methyl sites for hydroxylation is 2. The molecule has 0 bridgehead atoms. The standard InChI is InChI=1S/C20H29N5S.HI/c1-5-17-13-22-19(26-17)14-23-20(21-4)25-11-9-24(10-12-25)18-8-6-7-15(2)16(18)3;/h6-8,13H,5,9-12,14H2,1-4H3,(H,21,23);1H. The molecule has 3 rings (SSSR count). The van der Waals surface area contributed by atoms with Crippen molar-refractivity contribution >= 4 is 47.0 Å². The topological polar surface area (TPSA) is 43.8 Å². The van der Waals surface area contributed by atoms with Crippen LogP contribution in [-0.4, -0.2) is 49.1 Å². The average molecular weight is 499 g/mol. The van der Waals surface area contributed by atoms with Crippen LogP contribution in [0.5, 0.6) is 0 Å². The molecule has 0 saturated carbocycles. The third-order valence-corrected chi connectivity index (χ3v) is 6.20. The third kappa shape index (κ3) is 5.34. The summed E-state index contributed by atoms with van der Waals surface area (Å²) < 4.78 is 0. The molecule has 0 unspecified atom stereocenters. The Morgan fingerprint density at radius 3 is 2.59 bits per heavy atom. The fourth-order valence-electron chi connectivity index (χ4n) is 3.32. The number of guanidine groups is 1. The summed E-state index contributed by atoms with van der Waals surface area (Å²) in [7, 11) is 1.86.